The molecule has 0 aliphatic carbocycles. The first-order chi connectivity index (χ1) is 14.8. The zero-order valence-corrected chi connectivity index (χ0v) is 19.1. The van der Waals surface area contributed by atoms with Gasteiger partial charge >= 0.3 is 0 Å². The summed E-state index contributed by atoms with van der Waals surface area (Å²) in [5, 5.41) is 0. The quantitative estimate of drug-likeness (QED) is 0.248. The van der Waals surface area contributed by atoms with Crippen LogP contribution in [0, 0.1) is 0 Å². The van der Waals surface area contributed by atoms with Crippen LogP contribution in [0.4, 0.5) is 0 Å². The van der Waals surface area contributed by atoms with Crippen molar-refractivity contribution in [3.05, 3.63) is 97.1 Å². The van der Waals surface area contributed by atoms with Crippen molar-refractivity contribution in [1.82, 2.24) is 0 Å². The van der Waals surface area contributed by atoms with Gasteiger partial charge in [0.2, 0.25) is 0 Å². The highest BCUT2D eigenvalue weighted by Gasteiger charge is 2.13. The van der Waals surface area contributed by atoms with E-state index in [1.54, 1.807) is 0 Å². The van der Waals surface area contributed by atoms with Gasteiger partial charge in [-0.3, -0.25) is 0 Å². The molecule has 0 bridgehead atoms. The molecule has 0 atom stereocenters. The number of benzene rings is 2. The van der Waals surface area contributed by atoms with Crippen LogP contribution in [-0.2, 0) is 0 Å². The molecule has 0 nitrogen and oxygen atoms in total. The first kappa shape index (κ1) is 18.3. The first-order valence-electron chi connectivity index (χ1n) is 9.68. The van der Waals surface area contributed by atoms with Gasteiger partial charge in [0.1, 0.15) is 0 Å². The van der Waals surface area contributed by atoms with Crippen LogP contribution in [0.1, 0.15) is 0 Å². The molecule has 0 saturated carbocycles. The Morgan fingerprint density at radius 2 is 0.733 bits per heavy atom. The summed E-state index contributed by atoms with van der Waals surface area (Å²) in [6.45, 7) is 0. The van der Waals surface area contributed by atoms with Gasteiger partial charge in [-0.05, 0) is 47.5 Å². The van der Waals surface area contributed by atoms with E-state index in [2.05, 4.69) is 97.1 Å². The van der Waals surface area contributed by atoms with E-state index < -0.39 is 0 Å². The lowest BCUT2D eigenvalue weighted by Gasteiger charge is -1.95. The van der Waals surface area contributed by atoms with E-state index in [0.29, 0.717) is 0 Å². The number of hydrogen-bond acceptors (Lipinski definition) is 4. The minimum Gasteiger partial charge on any atom is -0.134 e. The van der Waals surface area contributed by atoms with E-state index in [1.807, 2.05) is 45.3 Å². The van der Waals surface area contributed by atoms with Gasteiger partial charge in [0.25, 0.3) is 0 Å². The third-order valence-corrected chi connectivity index (χ3v) is 9.97. The van der Waals surface area contributed by atoms with E-state index in [4.69, 9.17) is 0 Å². The molecule has 0 fully saturated rings. The van der Waals surface area contributed by atoms with E-state index in [0.717, 1.165) is 0 Å². The third kappa shape index (κ3) is 3.36. The monoisotopic (exact) mass is 456 g/mol. The summed E-state index contributed by atoms with van der Waals surface area (Å²) in [5.41, 5.74) is 2.59. The molecule has 0 amide bonds. The molecular formula is C26H16S4. The average molecular weight is 457 g/mol. The van der Waals surface area contributed by atoms with Crippen LogP contribution in [0.25, 0.3) is 49.8 Å². The van der Waals surface area contributed by atoms with Crippen molar-refractivity contribution in [2.45, 2.75) is 0 Å². The van der Waals surface area contributed by atoms with Gasteiger partial charge in [0.15, 0.2) is 0 Å². The molecule has 4 aromatic heterocycles. The number of rotatable bonds is 4. The fraction of sp³-hybridized carbons (Fsp3) is 0. The molecule has 0 unspecified atom stereocenters. The van der Waals surface area contributed by atoms with Crippen molar-refractivity contribution >= 4 is 54.7 Å². The minimum atomic E-state index is 1.29. The summed E-state index contributed by atoms with van der Waals surface area (Å²) in [4.78, 5) is 8.10. The van der Waals surface area contributed by atoms with Gasteiger partial charge in [-0.1, -0.05) is 60.7 Å². The molecule has 0 radical (unpaired) electrons. The van der Waals surface area contributed by atoms with Crippen LogP contribution < -0.4 is 0 Å². The summed E-state index contributed by atoms with van der Waals surface area (Å²) in [7, 11) is 0. The molecule has 30 heavy (non-hydrogen) atoms. The molecule has 144 valence electrons. The largest absolute Gasteiger partial charge is 0.134 e. The topological polar surface area (TPSA) is 0 Å². The van der Waals surface area contributed by atoms with Crippen molar-refractivity contribution < 1.29 is 0 Å². The van der Waals surface area contributed by atoms with Crippen molar-refractivity contribution in [1.29, 1.82) is 0 Å². The van der Waals surface area contributed by atoms with Gasteiger partial charge in [-0.2, -0.15) is 0 Å². The van der Waals surface area contributed by atoms with E-state index >= 15 is 0 Å². The second kappa shape index (κ2) is 7.64. The normalized spacial score (nSPS) is 11.3. The van der Waals surface area contributed by atoms with E-state index in [-0.39, 0.29) is 0 Å². The predicted molar refractivity (Wildman–Crippen MR) is 137 cm³/mol. The van der Waals surface area contributed by atoms with Crippen molar-refractivity contribution in [2.75, 3.05) is 0 Å². The van der Waals surface area contributed by atoms with Crippen LogP contribution in [-0.4, -0.2) is 0 Å². The van der Waals surface area contributed by atoms with Crippen LogP contribution in [0.15, 0.2) is 97.1 Å². The molecule has 0 aliphatic heterocycles. The van der Waals surface area contributed by atoms with E-state index in [1.165, 1.54) is 49.8 Å². The van der Waals surface area contributed by atoms with Gasteiger partial charge in [-0.25, -0.2) is 0 Å². The number of fused-ring (bicyclic) bond motifs is 1. The molecule has 6 aromatic rings. The summed E-state index contributed by atoms with van der Waals surface area (Å²) in [6.07, 6.45) is 0. The standard InChI is InChI=1S/C26H16S4/c1-3-7-17(8-4-1)19-11-13-21(27-19)23-15-25-26(29-23)16-24(30-25)22-14-12-20(28-22)18-9-5-2-6-10-18/h1-16H. The summed E-state index contributed by atoms with van der Waals surface area (Å²) < 4.78 is 2.77. The van der Waals surface area contributed by atoms with Crippen LogP contribution in [0.3, 0.4) is 0 Å². The molecular weight excluding hydrogens is 441 g/mol. The smallest absolute Gasteiger partial charge is 0.0464 e. The molecule has 4 heterocycles. The Morgan fingerprint density at radius 1 is 0.333 bits per heavy atom. The molecule has 6 rings (SSSR count). The van der Waals surface area contributed by atoms with Gasteiger partial charge in [0.05, 0.1) is 0 Å². The second-order valence-electron chi connectivity index (χ2n) is 7.01. The lowest BCUT2D eigenvalue weighted by Crippen LogP contribution is -1.67. The summed E-state index contributed by atoms with van der Waals surface area (Å²) in [5.74, 6) is 0. The molecule has 2 aromatic carbocycles. The summed E-state index contributed by atoms with van der Waals surface area (Å²) in [6, 6.07) is 35.0. The van der Waals surface area contributed by atoms with Gasteiger partial charge in [-0.15, -0.1) is 45.3 Å². The Hall–Kier alpha value is -2.50. The molecule has 0 N–H and O–H groups in total. The zero-order chi connectivity index (χ0) is 19.9. The average Bonchev–Trinajstić information content (AvgIpc) is 3.57. The maximum Gasteiger partial charge on any atom is 0.0464 e. The van der Waals surface area contributed by atoms with Crippen LogP contribution in [0.2, 0.25) is 0 Å². The zero-order valence-electron chi connectivity index (χ0n) is 15.9. The Balaban J connectivity index is 1.30. The SMILES string of the molecule is c1ccc(-c2ccc(-c3cc4sc(-c5ccc(-c6ccccc6)s5)cc4s3)s2)cc1. The Kier molecular flexibility index (Phi) is 4.65. The molecule has 0 aliphatic rings. The maximum absolute atomic E-state index is 2.36. The Labute approximate surface area is 191 Å². The van der Waals surface area contributed by atoms with Crippen LogP contribution in [0.5, 0.6) is 0 Å². The van der Waals surface area contributed by atoms with Crippen LogP contribution >= 0.6 is 45.3 Å². The molecule has 4 heteroatoms. The minimum absolute atomic E-state index is 1.29. The highest BCUT2D eigenvalue weighted by atomic mass is 32.1. The van der Waals surface area contributed by atoms with Gasteiger partial charge in [0, 0.05) is 38.7 Å². The lowest BCUT2D eigenvalue weighted by molar-refractivity contribution is 1.70. The van der Waals surface area contributed by atoms with E-state index in [9.17, 15) is 0 Å². The maximum atomic E-state index is 2.36. The second-order valence-corrected chi connectivity index (χ2v) is 11.3. The lowest BCUT2D eigenvalue weighted by atomic mass is 10.2. The first-order valence-corrected chi connectivity index (χ1v) is 12.9. The fourth-order valence-corrected chi connectivity index (χ4v) is 8.12. The predicted octanol–water partition coefficient (Wildman–Crippen LogP) is 9.75. The fourth-order valence-electron chi connectivity index (χ4n) is 3.53. The third-order valence-electron chi connectivity index (χ3n) is 5.02. The highest BCUT2D eigenvalue weighted by Crippen LogP contribution is 2.46. The summed E-state index contributed by atoms with van der Waals surface area (Å²) >= 11 is 7.56. The number of hydrogen-bond donors (Lipinski definition) is 0. The Bertz CT molecular complexity index is 1290. The Morgan fingerprint density at radius 3 is 1.17 bits per heavy atom. The van der Waals surface area contributed by atoms with Crippen molar-refractivity contribution in [2.24, 2.45) is 0 Å². The molecule has 0 saturated heterocycles. The van der Waals surface area contributed by atoms with Crippen molar-refractivity contribution in [3.8, 4) is 40.4 Å². The highest BCUT2D eigenvalue weighted by molar-refractivity contribution is 7.33. The molecule has 0 spiro atoms. The van der Waals surface area contributed by atoms with Gasteiger partial charge < -0.3 is 0 Å². The van der Waals surface area contributed by atoms with Crippen molar-refractivity contribution in [3.63, 3.8) is 0 Å². The number of thiophene rings is 4.